The second kappa shape index (κ2) is 5.84. The molecule has 0 spiro atoms. The zero-order chi connectivity index (χ0) is 14.0. The Balaban J connectivity index is 2.77. The Hall–Kier alpha value is -0.200. The monoisotopic (exact) mass is 258 g/mol. The lowest BCUT2D eigenvalue weighted by atomic mass is 10.0. The maximum Gasteiger partial charge on any atom is 0.0656 e. The smallest absolute Gasteiger partial charge is 0.0656 e. The highest BCUT2D eigenvalue weighted by Gasteiger charge is 2.38. The van der Waals surface area contributed by atoms with Gasteiger partial charge in [0.15, 0.2) is 0 Å². The van der Waals surface area contributed by atoms with Crippen molar-refractivity contribution < 1.29 is 5.11 Å². The summed E-state index contributed by atoms with van der Waals surface area (Å²) in [5.41, 5.74) is -0.105. The average Bonchev–Trinajstić information content (AvgIpc) is 2.37. The summed E-state index contributed by atoms with van der Waals surface area (Å²) < 4.78 is 0. The molecule has 0 bridgehead atoms. The topological polar surface area (TPSA) is 50.8 Å². The minimum atomic E-state index is -0.0801. The van der Waals surface area contributed by atoms with Crippen LogP contribution in [0.3, 0.4) is 0 Å². The van der Waals surface area contributed by atoms with Gasteiger partial charge in [-0.25, -0.2) is 0 Å². The standard InChI is InChI=1S/C13H30N4O/c1-12(2,14-5)16-7-8-17(11(9-16)10-18)13(3,4)15-6/h11,14-15,18H,7-10H2,1-6H3/t11-/m1/s1. The first kappa shape index (κ1) is 15.9. The van der Waals surface area contributed by atoms with Crippen LogP contribution in [-0.4, -0.2) is 72.6 Å². The first-order chi connectivity index (χ1) is 8.28. The van der Waals surface area contributed by atoms with E-state index in [-0.39, 0.29) is 24.0 Å². The van der Waals surface area contributed by atoms with Crippen LogP contribution in [-0.2, 0) is 0 Å². The third-order valence-corrected chi connectivity index (χ3v) is 4.43. The van der Waals surface area contributed by atoms with Crippen molar-refractivity contribution in [2.24, 2.45) is 0 Å². The van der Waals surface area contributed by atoms with Crippen molar-refractivity contribution in [2.75, 3.05) is 40.3 Å². The summed E-state index contributed by atoms with van der Waals surface area (Å²) in [6, 6.07) is 0.175. The van der Waals surface area contributed by atoms with Crippen LogP contribution in [0.4, 0.5) is 0 Å². The van der Waals surface area contributed by atoms with Crippen LogP contribution in [0.1, 0.15) is 27.7 Å². The van der Waals surface area contributed by atoms with E-state index in [0.29, 0.717) is 0 Å². The van der Waals surface area contributed by atoms with Crippen LogP contribution in [0.15, 0.2) is 0 Å². The predicted molar refractivity (Wildman–Crippen MR) is 75.4 cm³/mol. The van der Waals surface area contributed by atoms with E-state index in [0.717, 1.165) is 19.6 Å². The summed E-state index contributed by atoms with van der Waals surface area (Å²) in [7, 11) is 3.95. The SMILES string of the molecule is CNC(C)(C)N1CCN(C(C)(C)NC)[C@@H](CO)C1. The van der Waals surface area contributed by atoms with Crippen molar-refractivity contribution in [1.82, 2.24) is 20.4 Å². The van der Waals surface area contributed by atoms with E-state index in [4.69, 9.17) is 0 Å². The Morgan fingerprint density at radius 2 is 1.61 bits per heavy atom. The first-order valence-electron chi connectivity index (χ1n) is 6.79. The summed E-state index contributed by atoms with van der Waals surface area (Å²) >= 11 is 0. The van der Waals surface area contributed by atoms with Gasteiger partial charge in [-0.15, -0.1) is 0 Å². The zero-order valence-corrected chi connectivity index (χ0v) is 12.7. The molecule has 5 heteroatoms. The lowest BCUT2D eigenvalue weighted by molar-refractivity contribution is -0.0627. The van der Waals surface area contributed by atoms with Crippen LogP contribution in [0.2, 0.25) is 0 Å². The number of hydrogen-bond acceptors (Lipinski definition) is 5. The Bertz CT molecular complexity index is 268. The molecule has 0 unspecified atom stereocenters. The number of rotatable bonds is 5. The molecule has 0 saturated carbocycles. The highest BCUT2D eigenvalue weighted by atomic mass is 16.3. The zero-order valence-electron chi connectivity index (χ0n) is 12.7. The van der Waals surface area contributed by atoms with Gasteiger partial charge in [0.05, 0.1) is 17.9 Å². The Morgan fingerprint density at radius 3 is 2.06 bits per heavy atom. The maximum absolute atomic E-state index is 9.66. The highest BCUT2D eigenvalue weighted by Crippen LogP contribution is 2.22. The van der Waals surface area contributed by atoms with Gasteiger partial charge in [0.2, 0.25) is 0 Å². The van der Waals surface area contributed by atoms with Gasteiger partial charge in [0, 0.05) is 25.7 Å². The van der Waals surface area contributed by atoms with Gasteiger partial charge in [-0.3, -0.25) is 9.80 Å². The third kappa shape index (κ3) is 3.22. The van der Waals surface area contributed by atoms with Crippen molar-refractivity contribution >= 4 is 0 Å². The largest absolute Gasteiger partial charge is 0.395 e. The molecule has 1 aliphatic heterocycles. The number of aliphatic hydroxyl groups is 1. The minimum Gasteiger partial charge on any atom is -0.395 e. The molecule has 3 N–H and O–H groups in total. The fraction of sp³-hybridized carbons (Fsp3) is 1.00. The fourth-order valence-electron chi connectivity index (χ4n) is 2.56. The van der Waals surface area contributed by atoms with Crippen molar-refractivity contribution in [1.29, 1.82) is 0 Å². The molecule has 0 radical (unpaired) electrons. The summed E-state index contributed by atoms with van der Waals surface area (Å²) in [5.74, 6) is 0. The molecule has 0 aliphatic carbocycles. The van der Waals surface area contributed by atoms with Gasteiger partial charge in [0.1, 0.15) is 0 Å². The van der Waals surface area contributed by atoms with Crippen molar-refractivity contribution in [3.05, 3.63) is 0 Å². The molecule has 0 aromatic rings. The quantitative estimate of drug-likeness (QED) is 0.642. The lowest BCUT2D eigenvalue weighted by Gasteiger charge is -2.52. The Morgan fingerprint density at radius 1 is 1.06 bits per heavy atom. The second-order valence-electron chi connectivity index (χ2n) is 6.09. The molecule has 18 heavy (non-hydrogen) atoms. The van der Waals surface area contributed by atoms with Crippen LogP contribution in [0, 0.1) is 0 Å². The molecule has 108 valence electrons. The van der Waals surface area contributed by atoms with Crippen LogP contribution in [0.5, 0.6) is 0 Å². The molecule has 0 aromatic carbocycles. The van der Waals surface area contributed by atoms with Gasteiger partial charge in [-0.1, -0.05) is 0 Å². The van der Waals surface area contributed by atoms with E-state index in [1.54, 1.807) is 0 Å². The number of hydrogen-bond donors (Lipinski definition) is 3. The van der Waals surface area contributed by atoms with E-state index < -0.39 is 0 Å². The predicted octanol–water partition coefficient (Wildman–Crippen LogP) is -0.124. The van der Waals surface area contributed by atoms with Crippen LogP contribution in [0.25, 0.3) is 0 Å². The van der Waals surface area contributed by atoms with Crippen LogP contribution < -0.4 is 10.6 Å². The number of nitrogens with zero attached hydrogens (tertiary/aromatic N) is 2. The summed E-state index contributed by atoms with van der Waals surface area (Å²) in [6.45, 7) is 11.7. The van der Waals surface area contributed by atoms with E-state index >= 15 is 0 Å². The van der Waals surface area contributed by atoms with Crippen molar-refractivity contribution in [3.63, 3.8) is 0 Å². The molecule has 1 aliphatic rings. The molecule has 0 amide bonds. The molecule has 1 fully saturated rings. The molecule has 1 saturated heterocycles. The normalized spacial score (nSPS) is 24.5. The minimum absolute atomic E-state index is 0.0245. The van der Waals surface area contributed by atoms with E-state index in [9.17, 15) is 5.11 Å². The molecule has 1 heterocycles. The summed E-state index contributed by atoms with van der Waals surface area (Å²) in [5, 5.41) is 16.3. The molecular formula is C13H30N4O. The summed E-state index contributed by atoms with van der Waals surface area (Å²) in [6.07, 6.45) is 0. The van der Waals surface area contributed by atoms with Gasteiger partial charge < -0.3 is 15.7 Å². The van der Waals surface area contributed by atoms with E-state index in [2.05, 4.69) is 48.1 Å². The first-order valence-corrected chi connectivity index (χ1v) is 6.79. The summed E-state index contributed by atoms with van der Waals surface area (Å²) in [4.78, 5) is 4.76. The molecule has 0 aromatic heterocycles. The number of piperazine rings is 1. The van der Waals surface area contributed by atoms with Crippen LogP contribution >= 0.6 is 0 Å². The van der Waals surface area contributed by atoms with Gasteiger partial charge in [-0.2, -0.15) is 0 Å². The molecule has 1 rings (SSSR count). The lowest BCUT2D eigenvalue weighted by Crippen LogP contribution is -2.69. The van der Waals surface area contributed by atoms with Gasteiger partial charge in [0.25, 0.3) is 0 Å². The maximum atomic E-state index is 9.66. The highest BCUT2D eigenvalue weighted by molar-refractivity contribution is 4.93. The van der Waals surface area contributed by atoms with Gasteiger partial charge >= 0.3 is 0 Å². The Kier molecular flexibility index (Phi) is 5.14. The number of nitrogens with one attached hydrogen (secondary N) is 2. The van der Waals surface area contributed by atoms with E-state index in [1.165, 1.54) is 0 Å². The van der Waals surface area contributed by atoms with Crippen molar-refractivity contribution in [2.45, 2.75) is 45.1 Å². The second-order valence-corrected chi connectivity index (χ2v) is 6.09. The Labute approximate surface area is 112 Å². The molecule has 5 nitrogen and oxygen atoms in total. The average molecular weight is 258 g/mol. The molecular weight excluding hydrogens is 228 g/mol. The third-order valence-electron chi connectivity index (χ3n) is 4.43. The van der Waals surface area contributed by atoms with Crippen molar-refractivity contribution in [3.8, 4) is 0 Å². The van der Waals surface area contributed by atoms with E-state index in [1.807, 2.05) is 14.1 Å². The molecule has 1 atom stereocenters. The van der Waals surface area contributed by atoms with Gasteiger partial charge in [-0.05, 0) is 41.8 Å². The number of aliphatic hydroxyl groups excluding tert-OH is 1. The fourth-order valence-corrected chi connectivity index (χ4v) is 2.56.